The molecule has 1 amide bonds. The predicted molar refractivity (Wildman–Crippen MR) is 72.8 cm³/mol. The first kappa shape index (κ1) is 14.7. The maximum atomic E-state index is 11.0. The van der Waals surface area contributed by atoms with Gasteiger partial charge in [0, 0.05) is 0 Å². The first-order valence-electron chi connectivity index (χ1n) is 6.18. The third-order valence-electron chi connectivity index (χ3n) is 2.29. The Balaban J connectivity index is 2.41. The number of carbonyl (C=O) groups is 1. The Morgan fingerprint density at radius 2 is 2.21 bits per heavy atom. The van der Waals surface area contributed by atoms with E-state index in [0.29, 0.717) is 6.61 Å². The van der Waals surface area contributed by atoms with E-state index in [4.69, 9.17) is 10.00 Å². The monoisotopic (exact) mass is 259 g/mol. The molecule has 0 aliphatic carbocycles. The van der Waals surface area contributed by atoms with Crippen LogP contribution in [-0.2, 0) is 4.79 Å². The van der Waals surface area contributed by atoms with Crippen molar-refractivity contribution in [1.29, 1.82) is 5.26 Å². The maximum Gasteiger partial charge on any atom is 0.254 e. The zero-order valence-corrected chi connectivity index (χ0v) is 10.9. The number of amides is 1. The van der Waals surface area contributed by atoms with Crippen molar-refractivity contribution < 1.29 is 9.53 Å². The number of nitrogens with zero attached hydrogens (tertiary/aromatic N) is 2. The van der Waals surface area contributed by atoms with Crippen LogP contribution in [-0.4, -0.2) is 18.7 Å². The molecule has 1 aromatic rings. The highest BCUT2D eigenvalue weighted by Crippen LogP contribution is 2.11. The molecular weight excluding hydrogens is 242 g/mol. The molecule has 0 saturated heterocycles. The van der Waals surface area contributed by atoms with Gasteiger partial charge in [-0.05, 0) is 36.2 Å². The fourth-order valence-electron chi connectivity index (χ4n) is 1.27. The standard InChI is InChI=1S/C14H17N3O2/c1-2-3-10-19-13-6-4-12(5-7-13)11-16-17-14(18)8-9-15/h4-7,11H,2-3,8,10H2,1H3,(H,17,18)/b16-11-. The molecule has 0 radical (unpaired) electrons. The van der Waals surface area contributed by atoms with Gasteiger partial charge in [-0.3, -0.25) is 4.79 Å². The number of benzene rings is 1. The quantitative estimate of drug-likeness (QED) is 0.463. The predicted octanol–water partition coefficient (Wildman–Crippen LogP) is 2.23. The number of nitrogens with one attached hydrogen (secondary N) is 1. The average Bonchev–Trinajstić information content (AvgIpc) is 2.41. The molecule has 0 bridgehead atoms. The lowest BCUT2D eigenvalue weighted by Gasteiger charge is -2.04. The lowest BCUT2D eigenvalue weighted by atomic mass is 10.2. The first-order valence-corrected chi connectivity index (χ1v) is 6.18. The topological polar surface area (TPSA) is 74.5 Å². The average molecular weight is 259 g/mol. The number of carbonyl (C=O) groups excluding carboxylic acids is 1. The molecule has 0 saturated carbocycles. The van der Waals surface area contributed by atoms with Crippen molar-refractivity contribution in [3.8, 4) is 11.8 Å². The molecule has 1 aromatic carbocycles. The SMILES string of the molecule is CCCCOc1ccc(/C=N\NC(=O)CC#N)cc1. The molecule has 0 aromatic heterocycles. The number of unbranched alkanes of at least 4 members (excludes halogenated alkanes) is 1. The molecule has 0 atom stereocenters. The molecule has 1 rings (SSSR count). The minimum absolute atomic E-state index is 0.193. The summed E-state index contributed by atoms with van der Waals surface area (Å²) in [7, 11) is 0. The van der Waals surface area contributed by atoms with Crippen LogP contribution in [0.2, 0.25) is 0 Å². The number of rotatable bonds is 7. The highest BCUT2D eigenvalue weighted by Gasteiger charge is 1.96. The minimum atomic E-state index is -0.418. The Hall–Kier alpha value is -2.35. The van der Waals surface area contributed by atoms with Crippen LogP contribution < -0.4 is 10.2 Å². The number of hydrogen-bond donors (Lipinski definition) is 1. The van der Waals surface area contributed by atoms with Gasteiger partial charge < -0.3 is 4.74 Å². The normalized spacial score (nSPS) is 10.1. The summed E-state index contributed by atoms with van der Waals surface area (Å²) in [5, 5.41) is 12.0. The van der Waals surface area contributed by atoms with E-state index in [-0.39, 0.29) is 6.42 Å². The van der Waals surface area contributed by atoms with Crippen molar-refractivity contribution in [2.75, 3.05) is 6.61 Å². The maximum absolute atomic E-state index is 11.0. The third-order valence-corrected chi connectivity index (χ3v) is 2.29. The fourth-order valence-corrected chi connectivity index (χ4v) is 1.27. The summed E-state index contributed by atoms with van der Waals surface area (Å²) in [5.74, 6) is 0.400. The Morgan fingerprint density at radius 1 is 1.47 bits per heavy atom. The summed E-state index contributed by atoms with van der Waals surface area (Å²) in [6.07, 6.45) is 3.47. The van der Waals surface area contributed by atoms with E-state index < -0.39 is 5.91 Å². The van der Waals surface area contributed by atoms with Crippen molar-refractivity contribution in [3.05, 3.63) is 29.8 Å². The van der Waals surface area contributed by atoms with Crippen molar-refractivity contribution in [2.24, 2.45) is 5.10 Å². The Morgan fingerprint density at radius 3 is 2.84 bits per heavy atom. The number of ether oxygens (including phenoxy) is 1. The van der Waals surface area contributed by atoms with Gasteiger partial charge in [-0.15, -0.1) is 0 Å². The molecular formula is C14H17N3O2. The van der Waals surface area contributed by atoms with E-state index in [0.717, 1.165) is 24.2 Å². The van der Waals surface area contributed by atoms with Crippen LogP contribution in [0.3, 0.4) is 0 Å². The molecule has 19 heavy (non-hydrogen) atoms. The number of hydrogen-bond acceptors (Lipinski definition) is 4. The second-order valence-corrected chi connectivity index (χ2v) is 3.90. The summed E-state index contributed by atoms with van der Waals surface area (Å²) in [4.78, 5) is 11.0. The van der Waals surface area contributed by atoms with Crippen molar-refractivity contribution in [1.82, 2.24) is 5.43 Å². The van der Waals surface area contributed by atoms with Gasteiger partial charge in [-0.25, -0.2) is 5.43 Å². The minimum Gasteiger partial charge on any atom is -0.494 e. The molecule has 0 aliphatic rings. The van der Waals surface area contributed by atoms with Crippen LogP contribution in [0.5, 0.6) is 5.75 Å². The Labute approximate surface area is 112 Å². The van der Waals surface area contributed by atoms with Crippen molar-refractivity contribution >= 4 is 12.1 Å². The van der Waals surface area contributed by atoms with Crippen LogP contribution in [0.25, 0.3) is 0 Å². The summed E-state index contributed by atoms with van der Waals surface area (Å²) in [5.41, 5.74) is 3.11. The van der Waals surface area contributed by atoms with Gasteiger partial charge in [0.25, 0.3) is 5.91 Å². The van der Waals surface area contributed by atoms with Crippen LogP contribution in [0, 0.1) is 11.3 Å². The highest BCUT2D eigenvalue weighted by molar-refractivity contribution is 5.83. The van der Waals surface area contributed by atoms with Gasteiger partial charge in [0.2, 0.25) is 0 Å². The summed E-state index contributed by atoms with van der Waals surface area (Å²) in [6, 6.07) is 9.15. The van der Waals surface area contributed by atoms with Crippen molar-refractivity contribution in [3.63, 3.8) is 0 Å². The van der Waals surface area contributed by atoms with Crippen molar-refractivity contribution in [2.45, 2.75) is 26.2 Å². The van der Waals surface area contributed by atoms with E-state index in [1.807, 2.05) is 24.3 Å². The summed E-state index contributed by atoms with van der Waals surface area (Å²) >= 11 is 0. The molecule has 0 heterocycles. The van der Waals surface area contributed by atoms with E-state index in [1.54, 1.807) is 6.07 Å². The molecule has 0 unspecified atom stereocenters. The van der Waals surface area contributed by atoms with E-state index in [1.165, 1.54) is 6.21 Å². The van der Waals surface area contributed by atoms with E-state index in [9.17, 15) is 4.79 Å². The van der Waals surface area contributed by atoms with Gasteiger partial charge in [0.1, 0.15) is 12.2 Å². The van der Waals surface area contributed by atoms with E-state index >= 15 is 0 Å². The summed E-state index contributed by atoms with van der Waals surface area (Å²) in [6.45, 7) is 2.83. The smallest absolute Gasteiger partial charge is 0.254 e. The van der Waals surface area contributed by atoms with Crippen LogP contribution >= 0.6 is 0 Å². The molecule has 5 nitrogen and oxygen atoms in total. The summed E-state index contributed by atoms with van der Waals surface area (Å²) < 4.78 is 5.53. The molecule has 100 valence electrons. The van der Waals surface area contributed by atoms with Gasteiger partial charge in [0.15, 0.2) is 0 Å². The highest BCUT2D eigenvalue weighted by atomic mass is 16.5. The fraction of sp³-hybridized carbons (Fsp3) is 0.357. The second kappa shape index (κ2) is 8.70. The van der Waals surface area contributed by atoms with Gasteiger partial charge in [0.05, 0.1) is 18.9 Å². The molecule has 1 N–H and O–H groups in total. The molecule has 0 spiro atoms. The van der Waals surface area contributed by atoms with Crippen LogP contribution in [0.4, 0.5) is 0 Å². The first-order chi connectivity index (χ1) is 9.26. The lowest BCUT2D eigenvalue weighted by Crippen LogP contribution is -2.16. The Bertz CT molecular complexity index is 461. The molecule has 5 heteroatoms. The van der Waals surface area contributed by atoms with Gasteiger partial charge in [-0.2, -0.15) is 10.4 Å². The zero-order chi connectivity index (χ0) is 13.9. The van der Waals surface area contributed by atoms with Crippen LogP contribution in [0.15, 0.2) is 29.4 Å². The largest absolute Gasteiger partial charge is 0.494 e. The van der Waals surface area contributed by atoms with Gasteiger partial charge in [-0.1, -0.05) is 13.3 Å². The molecule has 0 aliphatic heterocycles. The van der Waals surface area contributed by atoms with Crippen LogP contribution in [0.1, 0.15) is 31.7 Å². The number of hydrazone groups is 1. The number of nitriles is 1. The lowest BCUT2D eigenvalue weighted by molar-refractivity contribution is -0.120. The van der Waals surface area contributed by atoms with Gasteiger partial charge >= 0.3 is 0 Å². The zero-order valence-electron chi connectivity index (χ0n) is 10.9. The molecule has 0 fully saturated rings. The second-order valence-electron chi connectivity index (χ2n) is 3.90. The third kappa shape index (κ3) is 6.22. The Kier molecular flexibility index (Phi) is 6.73. The van der Waals surface area contributed by atoms with E-state index in [2.05, 4.69) is 17.5 Å².